The summed E-state index contributed by atoms with van der Waals surface area (Å²) in [4.78, 5) is 14.8. The first-order valence-electron chi connectivity index (χ1n) is 7.46. The van der Waals surface area contributed by atoms with Crippen LogP contribution in [0.5, 0.6) is 0 Å². The van der Waals surface area contributed by atoms with E-state index in [0.717, 1.165) is 23.4 Å². The lowest BCUT2D eigenvalue weighted by Gasteiger charge is -2.31. The first-order valence-corrected chi connectivity index (χ1v) is 9.09. The smallest absolute Gasteiger partial charge is 0.320 e. The molecule has 1 aromatic carbocycles. The van der Waals surface area contributed by atoms with Crippen molar-refractivity contribution in [2.45, 2.75) is 31.8 Å². The van der Waals surface area contributed by atoms with Crippen molar-refractivity contribution in [2.75, 3.05) is 6.54 Å². The summed E-state index contributed by atoms with van der Waals surface area (Å²) in [6.45, 7) is 2.79. The minimum Gasteiger partial charge on any atom is -0.480 e. The fourth-order valence-electron chi connectivity index (χ4n) is 3.18. The number of aliphatic carboxylic acids is 1. The second-order valence-corrected chi connectivity index (χ2v) is 7.62. The van der Waals surface area contributed by atoms with E-state index in [2.05, 4.69) is 11.4 Å². The Morgan fingerprint density at radius 2 is 2.17 bits per heavy atom. The number of carboxylic acid groups (broad SMARTS) is 1. The molecule has 23 heavy (non-hydrogen) atoms. The minimum absolute atomic E-state index is 0.151. The highest BCUT2D eigenvalue weighted by Crippen LogP contribution is 2.40. The largest absolute Gasteiger partial charge is 0.480 e. The standard InChI is InChI=1S/C17H17Cl2NO2S/c1-10-7-15(23-9-10)16(12-5-4-11(18)8-13(12)19)20-6-2-3-14(20)17(21)22/h4-5,7-9,14,16H,2-3,6H2,1H3,(H,21,22). The molecule has 1 N–H and O–H groups in total. The van der Waals surface area contributed by atoms with E-state index in [1.54, 1.807) is 17.4 Å². The van der Waals surface area contributed by atoms with Crippen molar-refractivity contribution in [2.24, 2.45) is 0 Å². The molecule has 6 heteroatoms. The van der Waals surface area contributed by atoms with Gasteiger partial charge in [-0.05, 0) is 54.5 Å². The van der Waals surface area contributed by atoms with E-state index in [9.17, 15) is 9.90 Å². The maximum atomic E-state index is 11.6. The molecule has 3 nitrogen and oxygen atoms in total. The Morgan fingerprint density at radius 1 is 1.39 bits per heavy atom. The first-order chi connectivity index (χ1) is 11.0. The zero-order valence-corrected chi connectivity index (χ0v) is 15.0. The van der Waals surface area contributed by atoms with Gasteiger partial charge in [-0.1, -0.05) is 29.3 Å². The summed E-state index contributed by atoms with van der Waals surface area (Å²) in [5.74, 6) is -0.772. The van der Waals surface area contributed by atoms with Gasteiger partial charge in [0.05, 0.1) is 6.04 Å². The van der Waals surface area contributed by atoms with Crippen LogP contribution in [0.1, 0.15) is 34.9 Å². The van der Waals surface area contributed by atoms with Gasteiger partial charge in [0, 0.05) is 21.5 Å². The molecule has 0 saturated carbocycles. The number of hydrogen-bond acceptors (Lipinski definition) is 3. The Kier molecular flexibility index (Phi) is 4.97. The molecule has 1 saturated heterocycles. The first kappa shape index (κ1) is 16.8. The number of rotatable bonds is 4. The van der Waals surface area contributed by atoms with E-state index in [4.69, 9.17) is 23.2 Å². The number of carbonyl (C=O) groups is 1. The van der Waals surface area contributed by atoms with E-state index >= 15 is 0 Å². The van der Waals surface area contributed by atoms with E-state index in [0.29, 0.717) is 16.5 Å². The fourth-order valence-corrected chi connectivity index (χ4v) is 4.73. The summed E-state index contributed by atoms with van der Waals surface area (Å²) in [7, 11) is 0. The summed E-state index contributed by atoms with van der Waals surface area (Å²) >= 11 is 14.1. The molecule has 0 radical (unpaired) electrons. The molecule has 2 aromatic rings. The number of hydrogen-bond donors (Lipinski definition) is 1. The molecule has 1 aromatic heterocycles. The highest BCUT2D eigenvalue weighted by molar-refractivity contribution is 7.10. The molecule has 3 rings (SSSR count). The molecule has 122 valence electrons. The SMILES string of the molecule is Cc1csc(C(c2ccc(Cl)cc2Cl)N2CCCC2C(=O)O)c1. The Balaban J connectivity index is 2.09. The highest BCUT2D eigenvalue weighted by atomic mass is 35.5. The van der Waals surface area contributed by atoms with Gasteiger partial charge in [0.2, 0.25) is 0 Å². The Bertz CT molecular complexity index is 731. The fraction of sp³-hybridized carbons (Fsp3) is 0.353. The molecule has 0 aliphatic carbocycles. The monoisotopic (exact) mass is 369 g/mol. The van der Waals surface area contributed by atoms with Gasteiger partial charge in [0.15, 0.2) is 0 Å². The average Bonchev–Trinajstić information content (AvgIpc) is 3.11. The number of benzene rings is 1. The van der Waals surface area contributed by atoms with Crippen LogP contribution >= 0.6 is 34.5 Å². The van der Waals surface area contributed by atoms with Gasteiger partial charge in [-0.25, -0.2) is 0 Å². The molecule has 0 bridgehead atoms. The predicted octanol–water partition coefficient (Wildman–Crippen LogP) is 5.00. The van der Waals surface area contributed by atoms with Crippen LogP contribution < -0.4 is 0 Å². The van der Waals surface area contributed by atoms with Gasteiger partial charge >= 0.3 is 5.97 Å². The molecule has 2 atom stereocenters. The quantitative estimate of drug-likeness (QED) is 0.823. The average molecular weight is 370 g/mol. The Labute approximate surface area is 149 Å². The predicted molar refractivity (Wildman–Crippen MR) is 94.7 cm³/mol. The topological polar surface area (TPSA) is 40.5 Å². The summed E-state index contributed by atoms with van der Waals surface area (Å²) in [6, 6.07) is 6.91. The van der Waals surface area contributed by atoms with Gasteiger partial charge in [-0.2, -0.15) is 0 Å². The summed E-state index contributed by atoms with van der Waals surface area (Å²) < 4.78 is 0. The van der Waals surface area contributed by atoms with Crippen LogP contribution in [-0.4, -0.2) is 28.6 Å². The van der Waals surface area contributed by atoms with Crippen LogP contribution in [0.3, 0.4) is 0 Å². The zero-order chi connectivity index (χ0) is 16.6. The highest BCUT2D eigenvalue weighted by Gasteiger charge is 2.38. The molecule has 0 spiro atoms. The van der Waals surface area contributed by atoms with Crippen LogP contribution in [0.15, 0.2) is 29.6 Å². The lowest BCUT2D eigenvalue weighted by Crippen LogP contribution is -2.39. The number of halogens is 2. The maximum absolute atomic E-state index is 11.6. The van der Waals surface area contributed by atoms with E-state index in [-0.39, 0.29) is 6.04 Å². The van der Waals surface area contributed by atoms with E-state index in [1.165, 1.54) is 5.56 Å². The summed E-state index contributed by atoms with van der Waals surface area (Å²) in [5, 5.41) is 12.8. The molecule has 1 aliphatic rings. The molecule has 1 fully saturated rings. The van der Waals surface area contributed by atoms with Crippen molar-refractivity contribution in [1.82, 2.24) is 4.90 Å². The number of nitrogens with zero attached hydrogens (tertiary/aromatic N) is 1. The van der Waals surface area contributed by atoms with Crippen molar-refractivity contribution in [1.29, 1.82) is 0 Å². The van der Waals surface area contributed by atoms with Gasteiger partial charge in [-0.3, -0.25) is 9.69 Å². The van der Waals surface area contributed by atoms with Crippen molar-refractivity contribution >= 4 is 40.5 Å². The molecular weight excluding hydrogens is 353 g/mol. The number of carboxylic acids is 1. The van der Waals surface area contributed by atoms with Crippen LogP contribution in [0.4, 0.5) is 0 Å². The minimum atomic E-state index is -0.772. The van der Waals surface area contributed by atoms with E-state index in [1.807, 2.05) is 24.0 Å². The van der Waals surface area contributed by atoms with Crippen LogP contribution in [0, 0.1) is 6.92 Å². The second-order valence-electron chi connectivity index (χ2n) is 5.83. The second kappa shape index (κ2) is 6.81. The third kappa shape index (κ3) is 3.41. The third-order valence-electron chi connectivity index (χ3n) is 4.19. The molecule has 2 unspecified atom stereocenters. The number of aryl methyl sites for hydroxylation is 1. The van der Waals surface area contributed by atoms with Crippen molar-refractivity contribution in [3.63, 3.8) is 0 Å². The van der Waals surface area contributed by atoms with Crippen LogP contribution in [0.2, 0.25) is 10.0 Å². The van der Waals surface area contributed by atoms with Gasteiger partial charge in [-0.15, -0.1) is 11.3 Å². The Hall–Kier alpha value is -1.07. The maximum Gasteiger partial charge on any atom is 0.320 e. The van der Waals surface area contributed by atoms with Crippen LogP contribution in [0.25, 0.3) is 0 Å². The van der Waals surface area contributed by atoms with Crippen LogP contribution in [-0.2, 0) is 4.79 Å². The lowest BCUT2D eigenvalue weighted by atomic mass is 10.0. The molecule has 1 aliphatic heterocycles. The summed E-state index contributed by atoms with van der Waals surface area (Å²) in [6.07, 6.45) is 1.55. The lowest BCUT2D eigenvalue weighted by molar-refractivity contribution is -0.142. The van der Waals surface area contributed by atoms with E-state index < -0.39 is 12.0 Å². The molecule has 2 heterocycles. The summed E-state index contributed by atoms with van der Waals surface area (Å²) in [5.41, 5.74) is 2.08. The van der Waals surface area contributed by atoms with Crippen molar-refractivity contribution < 1.29 is 9.90 Å². The van der Waals surface area contributed by atoms with Gasteiger partial charge in [0.1, 0.15) is 6.04 Å². The third-order valence-corrected chi connectivity index (χ3v) is 5.85. The Morgan fingerprint density at radius 3 is 2.78 bits per heavy atom. The number of likely N-dealkylation sites (tertiary alicyclic amines) is 1. The molecular formula is C17H17Cl2NO2S. The van der Waals surface area contributed by atoms with Crippen molar-refractivity contribution in [3.05, 3.63) is 55.7 Å². The normalized spacial score (nSPS) is 19.9. The van der Waals surface area contributed by atoms with Gasteiger partial charge < -0.3 is 5.11 Å². The van der Waals surface area contributed by atoms with Gasteiger partial charge in [0.25, 0.3) is 0 Å². The zero-order valence-electron chi connectivity index (χ0n) is 12.6. The number of thiophene rings is 1. The van der Waals surface area contributed by atoms with Crippen molar-refractivity contribution in [3.8, 4) is 0 Å². The molecule has 0 amide bonds.